The van der Waals surface area contributed by atoms with Gasteiger partial charge in [-0.25, -0.2) is 9.78 Å². The molecule has 0 unspecified atom stereocenters. The second-order valence-electron chi connectivity index (χ2n) is 9.66. The number of nitrogens with one attached hydrogen (secondary N) is 1. The SMILES string of the molecule is CC[C@@H](NC(=O)N1C(=O)[C@H](Cc2ccnc(N)c2)[C@H]1C(=O)N(C)c1ccn(C)n1)C1CCCCC1. The number of urea groups is 1. The lowest BCUT2D eigenvalue weighted by molar-refractivity contribution is -0.156. The fourth-order valence-electron chi connectivity index (χ4n) is 5.34. The van der Waals surface area contributed by atoms with Crippen LogP contribution in [0.2, 0.25) is 0 Å². The molecule has 3 N–H and O–H groups in total. The molecular formula is C25H35N7O3. The predicted octanol–water partition coefficient (Wildman–Crippen LogP) is 2.50. The average Bonchev–Trinajstić information content (AvgIpc) is 3.29. The number of likely N-dealkylation sites (N-methyl/N-ethyl adjacent to an activating group) is 1. The third-order valence-electron chi connectivity index (χ3n) is 7.33. The molecule has 10 nitrogen and oxygen atoms in total. The quantitative estimate of drug-likeness (QED) is 0.585. The van der Waals surface area contributed by atoms with Gasteiger partial charge >= 0.3 is 6.03 Å². The van der Waals surface area contributed by atoms with Gasteiger partial charge in [0.05, 0.1) is 5.92 Å². The Hall–Kier alpha value is -3.43. The summed E-state index contributed by atoms with van der Waals surface area (Å²) in [5, 5.41) is 7.37. The number of rotatable bonds is 7. The Labute approximate surface area is 205 Å². The number of aryl methyl sites for hydroxylation is 1. The van der Waals surface area contributed by atoms with Crippen LogP contribution in [0.4, 0.5) is 16.4 Å². The van der Waals surface area contributed by atoms with Crippen LogP contribution in [0.25, 0.3) is 0 Å². The molecule has 1 aliphatic carbocycles. The molecule has 0 aromatic carbocycles. The molecule has 35 heavy (non-hydrogen) atoms. The minimum Gasteiger partial charge on any atom is -0.384 e. The highest BCUT2D eigenvalue weighted by molar-refractivity contribution is 6.12. The number of amides is 4. The molecule has 2 aromatic rings. The molecule has 2 aliphatic rings. The van der Waals surface area contributed by atoms with Gasteiger partial charge in [0.15, 0.2) is 5.82 Å². The average molecular weight is 482 g/mol. The maximum atomic E-state index is 13.6. The van der Waals surface area contributed by atoms with Crippen molar-refractivity contribution in [2.45, 2.75) is 64.0 Å². The van der Waals surface area contributed by atoms with Crippen molar-refractivity contribution in [1.82, 2.24) is 25.0 Å². The summed E-state index contributed by atoms with van der Waals surface area (Å²) in [6, 6.07) is 3.75. The van der Waals surface area contributed by atoms with Gasteiger partial charge in [0.25, 0.3) is 5.91 Å². The number of imide groups is 1. The zero-order valence-corrected chi connectivity index (χ0v) is 20.7. The fourth-order valence-corrected chi connectivity index (χ4v) is 5.34. The smallest absolute Gasteiger partial charge is 0.325 e. The molecule has 2 aromatic heterocycles. The number of hydrogen-bond donors (Lipinski definition) is 2. The molecule has 4 amide bonds. The van der Waals surface area contributed by atoms with Crippen molar-refractivity contribution >= 4 is 29.5 Å². The molecule has 2 fully saturated rings. The van der Waals surface area contributed by atoms with Gasteiger partial charge in [0.1, 0.15) is 11.9 Å². The molecule has 10 heteroatoms. The lowest BCUT2D eigenvalue weighted by Gasteiger charge is -2.46. The number of carbonyl (C=O) groups is 3. The Morgan fingerprint density at radius 2 is 2.00 bits per heavy atom. The first-order valence-corrected chi connectivity index (χ1v) is 12.4. The van der Waals surface area contributed by atoms with Crippen LogP contribution in [-0.4, -0.2) is 56.6 Å². The van der Waals surface area contributed by atoms with Gasteiger partial charge in [-0.05, 0) is 49.3 Å². The zero-order valence-electron chi connectivity index (χ0n) is 20.7. The summed E-state index contributed by atoms with van der Waals surface area (Å²) >= 11 is 0. The van der Waals surface area contributed by atoms with E-state index in [9.17, 15) is 14.4 Å². The van der Waals surface area contributed by atoms with Crippen molar-refractivity contribution < 1.29 is 14.4 Å². The first-order valence-electron chi connectivity index (χ1n) is 12.4. The van der Waals surface area contributed by atoms with Crippen molar-refractivity contribution in [2.24, 2.45) is 18.9 Å². The summed E-state index contributed by atoms with van der Waals surface area (Å²) in [5.41, 5.74) is 6.60. The van der Waals surface area contributed by atoms with E-state index in [0.717, 1.165) is 42.6 Å². The van der Waals surface area contributed by atoms with Crippen LogP contribution in [0.5, 0.6) is 0 Å². The third-order valence-corrected chi connectivity index (χ3v) is 7.33. The highest BCUT2D eigenvalue weighted by Gasteiger charge is 2.55. The maximum Gasteiger partial charge on any atom is 0.325 e. The predicted molar refractivity (Wildman–Crippen MR) is 132 cm³/mol. The van der Waals surface area contributed by atoms with Crippen molar-refractivity contribution in [3.63, 3.8) is 0 Å². The standard InChI is InChI=1S/C25H35N7O3/c1-4-19(17-8-6-5-7-9-17)28-25(35)32-22(24(34)31(3)21-11-13-30(2)29-21)18(23(32)33)14-16-10-12-27-20(26)15-16/h10-13,15,17-19,22H,4-9,14H2,1-3H3,(H2,26,27)(H,28,35)/t18-,19-,22+/m1/s1. The van der Waals surface area contributed by atoms with Gasteiger partial charge in [0, 0.05) is 38.6 Å². The highest BCUT2D eigenvalue weighted by Crippen LogP contribution is 2.34. The number of aromatic nitrogens is 3. The van der Waals surface area contributed by atoms with E-state index in [1.165, 1.54) is 11.3 Å². The number of nitrogens with zero attached hydrogens (tertiary/aromatic N) is 5. The highest BCUT2D eigenvalue weighted by atomic mass is 16.2. The van der Waals surface area contributed by atoms with E-state index in [4.69, 9.17) is 5.73 Å². The van der Waals surface area contributed by atoms with E-state index in [1.54, 1.807) is 49.4 Å². The lowest BCUT2D eigenvalue weighted by Crippen LogP contribution is -2.71. The lowest BCUT2D eigenvalue weighted by atomic mass is 9.81. The van der Waals surface area contributed by atoms with E-state index < -0.39 is 18.0 Å². The van der Waals surface area contributed by atoms with E-state index in [1.807, 2.05) is 6.92 Å². The minimum atomic E-state index is -0.923. The van der Waals surface area contributed by atoms with Gasteiger partial charge < -0.3 is 11.1 Å². The maximum absolute atomic E-state index is 13.6. The number of anilines is 2. The number of pyridine rings is 1. The largest absolute Gasteiger partial charge is 0.384 e. The van der Waals surface area contributed by atoms with Crippen molar-refractivity contribution in [2.75, 3.05) is 17.7 Å². The first-order chi connectivity index (χ1) is 16.8. The van der Waals surface area contributed by atoms with Gasteiger partial charge in [-0.15, -0.1) is 0 Å². The monoisotopic (exact) mass is 481 g/mol. The van der Waals surface area contributed by atoms with Crippen LogP contribution in [0.15, 0.2) is 30.6 Å². The van der Waals surface area contributed by atoms with Crippen LogP contribution in [0.3, 0.4) is 0 Å². The van der Waals surface area contributed by atoms with Gasteiger partial charge in [0.2, 0.25) is 5.91 Å². The Morgan fingerprint density at radius 3 is 2.63 bits per heavy atom. The number of likely N-dealkylation sites (tertiary alicyclic amines) is 1. The molecule has 1 saturated heterocycles. The molecule has 3 heterocycles. The molecule has 0 bridgehead atoms. The molecule has 0 radical (unpaired) electrons. The topological polar surface area (TPSA) is 126 Å². The van der Waals surface area contributed by atoms with E-state index in [2.05, 4.69) is 15.4 Å². The third kappa shape index (κ3) is 5.16. The van der Waals surface area contributed by atoms with Crippen molar-refractivity contribution in [1.29, 1.82) is 0 Å². The van der Waals surface area contributed by atoms with Crippen LogP contribution in [0, 0.1) is 11.8 Å². The molecule has 1 aliphatic heterocycles. The summed E-state index contributed by atoms with van der Waals surface area (Å²) in [4.78, 5) is 46.7. The second kappa shape index (κ2) is 10.5. The Bertz CT molecular complexity index is 1080. The molecule has 1 saturated carbocycles. The van der Waals surface area contributed by atoms with E-state index >= 15 is 0 Å². The summed E-state index contributed by atoms with van der Waals surface area (Å²) < 4.78 is 1.60. The fraction of sp³-hybridized carbons (Fsp3) is 0.560. The van der Waals surface area contributed by atoms with Crippen LogP contribution < -0.4 is 16.0 Å². The Balaban J connectivity index is 1.56. The van der Waals surface area contributed by atoms with Gasteiger partial charge in [-0.1, -0.05) is 26.2 Å². The normalized spacial score (nSPS) is 21.3. The molecule has 4 rings (SSSR count). The van der Waals surface area contributed by atoms with Crippen LogP contribution >= 0.6 is 0 Å². The van der Waals surface area contributed by atoms with Gasteiger partial charge in [-0.3, -0.25) is 24.1 Å². The number of nitrogen functional groups attached to an aromatic ring is 1. The second-order valence-corrected chi connectivity index (χ2v) is 9.66. The summed E-state index contributed by atoms with van der Waals surface area (Å²) in [5.74, 6) is -0.181. The van der Waals surface area contributed by atoms with Crippen LogP contribution in [-0.2, 0) is 23.1 Å². The van der Waals surface area contributed by atoms with Gasteiger partial charge in [-0.2, -0.15) is 5.10 Å². The summed E-state index contributed by atoms with van der Waals surface area (Å²) in [6.07, 6.45) is 10.1. The van der Waals surface area contributed by atoms with Crippen molar-refractivity contribution in [3.05, 3.63) is 36.2 Å². The number of β-lactam (4-membered cyclic amide) rings is 1. The van der Waals surface area contributed by atoms with Crippen LogP contribution in [0.1, 0.15) is 51.0 Å². The summed E-state index contributed by atoms with van der Waals surface area (Å²) in [7, 11) is 3.38. The first kappa shape index (κ1) is 24.7. The Morgan fingerprint density at radius 1 is 1.26 bits per heavy atom. The number of hydrogen-bond acceptors (Lipinski definition) is 6. The van der Waals surface area contributed by atoms with Crippen molar-refractivity contribution in [3.8, 4) is 0 Å². The molecule has 188 valence electrons. The zero-order chi connectivity index (χ0) is 25.1. The number of nitrogens with two attached hydrogens (primary N) is 1. The molecule has 3 atom stereocenters. The Kier molecular flexibility index (Phi) is 7.37. The molecular weight excluding hydrogens is 446 g/mol. The molecule has 0 spiro atoms. The van der Waals surface area contributed by atoms with E-state index in [0.29, 0.717) is 24.0 Å². The van der Waals surface area contributed by atoms with E-state index in [-0.39, 0.29) is 17.9 Å². The summed E-state index contributed by atoms with van der Waals surface area (Å²) in [6.45, 7) is 2.05. The minimum absolute atomic E-state index is 0.0149. The number of carbonyl (C=O) groups excluding carboxylic acids is 3.